The Balaban J connectivity index is 5.16. The summed E-state index contributed by atoms with van der Waals surface area (Å²) in [5, 5.41) is 10.6. The molecule has 0 saturated heterocycles. The first kappa shape index (κ1) is 88.1. The Morgan fingerprint density at radius 2 is 0.511 bits per heavy atom. The topological polar surface area (TPSA) is 237 Å². The third-order valence-electron chi connectivity index (χ3n) is 16.5. The Kier molecular flexibility index (Phi) is 61.8. The molecule has 17 nitrogen and oxygen atoms in total. The predicted octanol–water partition coefficient (Wildman–Crippen LogP) is 20.4. The molecule has 0 fully saturated rings. The zero-order valence-electron chi connectivity index (χ0n) is 58.4. The van der Waals surface area contributed by atoms with Crippen LogP contribution in [0.25, 0.3) is 0 Å². The highest BCUT2D eigenvalue weighted by atomic mass is 31.2. The van der Waals surface area contributed by atoms with Gasteiger partial charge in [-0.2, -0.15) is 0 Å². The van der Waals surface area contributed by atoms with Gasteiger partial charge in [-0.3, -0.25) is 37.3 Å². The lowest BCUT2D eigenvalue weighted by Crippen LogP contribution is -2.30. The zero-order valence-corrected chi connectivity index (χ0v) is 60.2. The fourth-order valence-corrected chi connectivity index (χ4v) is 12.3. The number of unbranched alkanes of at least 4 members (excludes halogenated alkanes) is 40. The first-order chi connectivity index (χ1) is 43.4. The molecule has 0 spiro atoms. The molecule has 0 aliphatic rings. The number of phosphoric ester groups is 2. The number of aliphatic hydroxyl groups is 1. The first-order valence-corrected chi connectivity index (χ1v) is 40.0. The number of ether oxygens (including phenoxy) is 4. The maximum absolute atomic E-state index is 13.0. The Morgan fingerprint density at radius 1 is 0.300 bits per heavy atom. The van der Waals surface area contributed by atoms with Crippen LogP contribution in [0.4, 0.5) is 0 Å². The van der Waals surface area contributed by atoms with E-state index in [4.69, 9.17) is 37.0 Å². The molecule has 19 heteroatoms. The standard InChI is InChI=1S/C71H138O17P2/c1-7-9-11-13-15-16-17-18-19-20-21-22-23-24-25-26-31-37-43-49-55-70(75)87-67(60-82-69(74)54-48-42-36-30-28-27-29-34-39-45-51-63(3)4)62-86-90(79,80)84-58-65(72)57-83-89(77,78)85-61-66(59-81-68(73)53-47-41-33-14-12-10-8-2)88-71(76)56-50-44-38-32-35-40-46-52-64(5)6/h63-67,72H,7-62H2,1-6H3,(H,77,78)(H,79,80)/t65-,66+,67+/m0/s1. The van der Waals surface area contributed by atoms with Gasteiger partial charge >= 0.3 is 39.5 Å². The van der Waals surface area contributed by atoms with Gasteiger partial charge in [0.1, 0.15) is 19.3 Å². The smallest absolute Gasteiger partial charge is 0.462 e. The summed E-state index contributed by atoms with van der Waals surface area (Å²) < 4.78 is 68.2. The maximum Gasteiger partial charge on any atom is 0.472 e. The van der Waals surface area contributed by atoms with Crippen molar-refractivity contribution in [2.45, 2.75) is 381 Å². The second-order valence-corrected chi connectivity index (χ2v) is 29.5. The van der Waals surface area contributed by atoms with Crippen LogP contribution in [-0.4, -0.2) is 96.7 Å². The molecule has 0 rings (SSSR count). The number of carbonyl (C=O) groups excluding carboxylic acids is 4. The van der Waals surface area contributed by atoms with Crippen molar-refractivity contribution >= 4 is 39.5 Å². The predicted molar refractivity (Wildman–Crippen MR) is 363 cm³/mol. The van der Waals surface area contributed by atoms with Gasteiger partial charge in [-0.1, -0.05) is 311 Å². The van der Waals surface area contributed by atoms with E-state index in [1.54, 1.807) is 0 Å². The Morgan fingerprint density at radius 3 is 0.756 bits per heavy atom. The number of esters is 4. The van der Waals surface area contributed by atoms with E-state index in [0.717, 1.165) is 109 Å². The monoisotopic (exact) mass is 1320 g/mol. The van der Waals surface area contributed by atoms with Crippen molar-refractivity contribution in [3.63, 3.8) is 0 Å². The van der Waals surface area contributed by atoms with E-state index in [-0.39, 0.29) is 25.7 Å². The van der Waals surface area contributed by atoms with E-state index >= 15 is 0 Å². The minimum atomic E-state index is -4.95. The molecule has 0 aliphatic carbocycles. The highest BCUT2D eigenvalue weighted by molar-refractivity contribution is 7.47. The van der Waals surface area contributed by atoms with Crippen LogP contribution in [-0.2, 0) is 65.4 Å². The van der Waals surface area contributed by atoms with Crippen molar-refractivity contribution in [3.05, 3.63) is 0 Å². The van der Waals surface area contributed by atoms with Gasteiger partial charge in [0.25, 0.3) is 0 Å². The summed E-state index contributed by atoms with van der Waals surface area (Å²) in [7, 11) is -9.89. The summed E-state index contributed by atoms with van der Waals surface area (Å²) in [6, 6.07) is 0. The molecule has 0 saturated carbocycles. The minimum absolute atomic E-state index is 0.103. The average Bonchev–Trinajstić information content (AvgIpc) is 3.69. The number of hydrogen-bond acceptors (Lipinski definition) is 15. The molecule has 0 amide bonds. The van der Waals surface area contributed by atoms with Crippen LogP contribution in [0.1, 0.15) is 363 Å². The van der Waals surface area contributed by atoms with Crippen molar-refractivity contribution in [2.75, 3.05) is 39.6 Å². The second kappa shape index (κ2) is 63.1. The van der Waals surface area contributed by atoms with Crippen LogP contribution >= 0.6 is 15.6 Å². The molecule has 0 aromatic heterocycles. The quantitative estimate of drug-likeness (QED) is 0.0222. The summed E-state index contributed by atoms with van der Waals surface area (Å²) in [4.78, 5) is 72.4. The average molecular weight is 1330 g/mol. The van der Waals surface area contributed by atoms with E-state index in [9.17, 15) is 43.2 Å². The Bertz CT molecular complexity index is 1750. The van der Waals surface area contributed by atoms with Gasteiger partial charge in [-0.05, 0) is 37.5 Å². The number of phosphoric acid groups is 2. The lowest BCUT2D eigenvalue weighted by Gasteiger charge is -2.21. The number of aliphatic hydroxyl groups excluding tert-OH is 1. The normalized spacial score (nSPS) is 14.1. The van der Waals surface area contributed by atoms with Crippen LogP contribution in [0, 0.1) is 11.8 Å². The molecule has 0 bridgehead atoms. The van der Waals surface area contributed by atoms with Crippen LogP contribution in [0.2, 0.25) is 0 Å². The van der Waals surface area contributed by atoms with Crippen LogP contribution < -0.4 is 0 Å². The third-order valence-corrected chi connectivity index (χ3v) is 18.4. The highest BCUT2D eigenvalue weighted by Gasteiger charge is 2.30. The van der Waals surface area contributed by atoms with E-state index in [2.05, 4.69) is 41.5 Å². The third kappa shape index (κ3) is 64.8. The number of rotatable bonds is 70. The molecular weight excluding hydrogens is 1190 g/mol. The minimum Gasteiger partial charge on any atom is -0.462 e. The number of carbonyl (C=O) groups is 4. The summed E-state index contributed by atoms with van der Waals surface area (Å²) in [6.45, 7) is 9.44. The van der Waals surface area contributed by atoms with Gasteiger partial charge in [0.15, 0.2) is 12.2 Å². The first-order valence-electron chi connectivity index (χ1n) is 37.0. The van der Waals surface area contributed by atoms with Crippen molar-refractivity contribution in [2.24, 2.45) is 11.8 Å². The van der Waals surface area contributed by atoms with E-state index in [1.807, 2.05) is 0 Å². The molecule has 5 atom stereocenters. The van der Waals surface area contributed by atoms with Gasteiger partial charge in [-0.15, -0.1) is 0 Å². The molecule has 0 aromatic carbocycles. The van der Waals surface area contributed by atoms with Gasteiger partial charge in [-0.25, -0.2) is 9.13 Å². The molecule has 0 aromatic rings. The molecular formula is C71H138O17P2. The Labute approximate surface area is 549 Å². The molecule has 3 N–H and O–H groups in total. The van der Waals surface area contributed by atoms with E-state index in [0.29, 0.717) is 31.6 Å². The van der Waals surface area contributed by atoms with Gasteiger partial charge in [0.2, 0.25) is 0 Å². The fraction of sp³-hybridized carbons (Fsp3) is 0.944. The summed E-state index contributed by atoms with van der Waals surface area (Å²) >= 11 is 0. The highest BCUT2D eigenvalue weighted by Crippen LogP contribution is 2.45. The van der Waals surface area contributed by atoms with Gasteiger partial charge in [0.05, 0.1) is 26.4 Å². The fourth-order valence-electron chi connectivity index (χ4n) is 10.8. The lowest BCUT2D eigenvalue weighted by atomic mass is 10.0. The van der Waals surface area contributed by atoms with E-state index in [1.165, 1.54) is 167 Å². The largest absolute Gasteiger partial charge is 0.472 e. The van der Waals surface area contributed by atoms with Crippen LogP contribution in [0.5, 0.6) is 0 Å². The van der Waals surface area contributed by atoms with Gasteiger partial charge < -0.3 is 33.8 Å². The molecule has 534 valence electrons. The molecule has 0 aliphatic heterocycles. The SMILES string of the molecule is CCCCCCCCCCCCCCCCCCCCCCC(=O)O[C@H](COC(=O)CCCCCCCCCCCCC(C)C)COP(=O)(O)OC[C@@H](O)COP(=O)(O)OC[C@@H](COC(=O)CCCCCCCCC)OC(=O)CCCCCCCCCC(C)C. The van der Waals surface area contributed by atoms with Crippen LogP contribution in [0.3, 0.4) is 0 Å². The second-order valence-electron chi connectivity index (χ2n) is 26.6. The molecule has 90 heavy (non-hydrogen) atoms. The molecule has 2 unspecified atom stereocenters. The van der Waals surface area contributed by atoms with Crippen molar-refractivity contribution in [1.29, 1.82) is 0 Å². The summed E-state index contributed by atoms with van der Waals surface area (Å²) in [6.07, 6.45) is 49.0. The maximum atomic E-state index is 13.0. The number of hydrogen-bond donors (Lipinski definition) is 3. The van der Waals surface area contributed by atoms with Crippen molar-refractivity contribution in [3.8, 4) is 0 Å². The van der Waals surface area contributed by atoms with Crippen LogP contribution in [0.15, 0.2) is 0 Å². The van der Waals surface area contributed by atoms with Gasteiger partial charge in [0, 0.05) is 25.7 Å². The molecule has 0 heterocycles. The van der Waals surface area contributed by atoms with Crippen molar-refractivity contribution < 1.29 is 80.2 Å². The summed E-state index contributed by atoms with van der Waals surface area (Å²) in [5.41, 5.74) is 0. The Hall–Kier alpha value is -1.94. The zero-order chi connectivity index (χ0) is 66.5. The van der Waals surface area contributed by atoms with E-state index < -0.39 is 97.5 Å². The summed E-state index contributed by atoms with van der Waals surface area (Å²) in [5.74, 6) is -0.676. The van der Waals surface area contributed by atoms with Crippen molar-refractivity contribution in [1.82, 2.24) is 0 Å². The molecule has 0 radical (unpaired) electrons. The lowest BCUT2D eigenvalue weighted by molar-refractivity contribution is -0.161.